The van der Waals surface area contributed by atoms with Gasteiger partial charge in [0, 0.05) is 17.8 Å². The van der Waals surface area contributed by atoms with Crippen molar-refractivity contribution in [3.63, 3.8) is 0 Å². The standard InChI is InChI=1S/C24H28FN3O2/c1-4-5-13-30-22-8-6-7-19(14-22)16-26-24(29)15-23-17(2)27-28(18(23)3)21-11-9-20(25)10-12-21/h6-12,14H,4-5,13,15-16H2,1-3H3,(H,26,29). The first-order valence-electron chi connectivity index (χ1n) is 10.3. The van der Waals surface area contributed by atoms with E-state index in [-0.39, 0.29) is 18.1 Å². The molecule has 0 aliphatic rings. The summed E-state index contributed by atoms with van der Waals surface area (Å²) < 4.78 is 20.7. The molecule has 3 rings (SSSR count). The zero-order valence-electron chi connectivity index (χ0n) is 17.7. The molecule has 0 radical (unpaired) electrons. The van der Waals surface area contributed by atoms with E-state index in [1.807, 2.05) is 38.1 Å². The number of benzene rings is 2. The van der Waals surface area contributed by atoms with Crippen LogP contribution >= 0.6 is 0 Å². The Kier molecular flexibility index (Phi) is 7.22. The van der Waals surface area contributed by atoms with Crippen LogP contribution in [0.1, 0.15) is 42.3 Å². The average molecular weight is 410 g/mol. The predicted octanol–water partition coefficient (Wildman–Crippen LogP) is 4.67. The average Bonchev–Trinajstić information content (AvgIpc) is 3.02. The highest BCUT2D eigenvalue weighted by molar-refractivity contribution is 5.79. The second-order valence-corrected chi connectivity index (χ2v) is 7.34. The quantitative estimate of drug-likeness (QED) is 0.523. The van der Waals surface area contributed by atoms with Crippen molar-refractivity contribution in [3.8, 4) is 11.4 Å². The van der Waals surface area contributed by atoms with Gasteiger partial charge in [-0.3, -0.25) is 4.79 Å². The number of rotatable bonds is 9. The van der Waals surface area contributed by atoms with Crippen LogP contribution in [0.2, 0.25) is 0 Å². The van der Waals surface area contributed by atoms with Crippen LogP contribution in [0.25, 0.3) is 5.69 Å². The molecular weight excluding hydrogens is 381 g/mol. The summed E-state index contributed by atoms with van der Waals surface area (Å²) in [6.45, 7) is 7.06. The molecule has 0 bridgehead atoms. The Balaban J connectivity index is 1.61. The van der Waals surface area contributed by atoms with Gasteiger partial charge in [-0.25, -0.2) is 9.07 Å². The molecular formula is C24H28FN3O2. The molecule has 6 heteroatoms. The molecule has 0 saturated heterocycles. The Hall–Kier alpha value is -3.15. The van der Waals surface area contributed by atoms with E-state index in [9.17, 15) is 9.18 Å². The van der Waals surface area contributed by atoms with E-state index in [0.717, 1.165) is 46.8 Å². The third-order valence-electron chi connectivity index (χ3n) is 5.00. The first-order chi connectivity index (χ1) is 14.5. The Morgan fingerprint density at radius 2 is 1.93 bits per heavy atom. The molecule has 1 amide bonds. The molecule has 0 aliphatic heterocycles. The second kappa shape index (κ2) is 10.1. The third-order valence-corrected chi connectivity index (χ3v) is 5.00. The summed E-state index contributed by atoms with van der Waals surface area (Å²) in [6.07, 6.45) is 2.35. The number of hydrogen-bond donors (Lipinski definition) is 1. The number of amides is 1. The van der Waals surface area contributed by atoms with Gasteiger partial charge in [-0.05, 0) is 62.2 Å². The maximum Gasteiger partial charge on any atom is 0.224 e. The van der Waals surface area contributed by atoms with E-state index < -0.39 is 0 Å². The molecule has 1 heterocycles. The van der Waals surface area contributed by atoms with Crippen molar-refractivity contribution in [1.82, 2.24) is 15.1 Å². The van der Waals surface area contributed by atoms with E-state index in [4.69, 9.17) is 4.74 Å². The summed E-state index contributed by atoms with van der Waals surface area (Å²) in [5, 5.41) is 7.50. The number of nitrogens with zero attached hydrogens (tertiary/aromatic N) is 2. The van der Waals surface area contributed by atoms with Crippen LogP contribution in [0.4, 0.5) is 4.39 Å². The van der Waals surface area contributed by atoms with Gasteiger partial charge >= 0.3 is 0 Å². The largest absolute Gasteiger partial charge is 0.494 e. The molecule has 30 heavy (non-hydrogen) atoms. The summed E-state index contributed by atoms with van der Waals surface area (Å²) in [5.41, 5.74) is 4.31. The monoisotopic (exact) mass is 409 g/mol. The molecule has 0 unspecified atom stereocenters. The van der Waals surface area contributed by atoms with E-state index >= 15 is 0 Å². The smallest absolute Gasteiger partial charge is 0.224 e. The molecule has 0 aliphatic carbocycles. The van der Waals surface area contributed by atoms with Gasteiger partial charge in [0.25, 0.3) is 0 Å². The van der Waals surface area contributed by atoms with E-state index in [1.54, 1.807) is 16.8 Å². The number of aromatic nitrogens is 2. The molecule has 0 fully saturated rings. The lowest BCUT2D eigenvalue weighted by molar-refractivity contribution is -0.120. The maximum atomic E-state index is 13.2. The molecule has 2 aromatic carbocycles. The van der Waals surface area contributed by atoms with Crippen molar-refractivity contribution < 1.29 is 13.9 Å². The van der Waals surface area contributed by atoms with E-state index in [0.29, 0.717) is 13.2 Å². The van der Waals surface area contributed by atoms with Gasteiger partial charge in [0.1, 0.15) is 11.6 Å². The van der Waals surface area contributed by atoms with Crippen LogP contribution < -0.4 is 10.1 Å². The Bertz CT molecular complexity index is 996. The molecule has 1 N–H and O–H groups in total. The summed E-state index contributed by atoms with van der Waals surface area (Å²) in [4.78, 5) is 12.5. The first-order valence-corrected chi connectivity index (χ1v) is 10.3. The molecule has 1 aromatic heterocycles. The van der Waals surface area contributed by atoms with Crippen molar-refractivity contribution in [3.05, 3.63) is 76.9 Å². The molecule has 0 spiro atoms. The number of ether oxygens (including phenoxy) is 1. The van der Waals surface area contributed by atoms with Crippen LogP contribution in [-0.2, 0) is 17.8 Å². The fourth-order valence-corrected chi connectivity index (χ4v) is 3.27. The van der Waals surface area contributed by atoms with Gasteiger partial charge in [-0.1, -0.05) is 25.5 Å². The number of nitrogens with one attached hydrogen (secondary N) is 1. The SMILES string of the molecule is CCCCOc1cccc(CNC(=O)Cc2c(C)nn(-c3ccc(F)cc3)c2C)c1. The Morgan fingerprint density at radius 3 is 2.67 bits per heavy atom. The lowest BCUT2D eigenvalue weighted by Gasteiger charge is -2.09. The fourth-order valence-electron chi connectivity index (χ4n) is 3.27. The zero-order chi connectivity index (χ0) is 21.5. The molecule has 0 atom stereocenters. The minimum absolute atomic E-state index is 0.0721. The molecule has 5 nitrogen and oxygen atoms in total. The Morgan fingerprint density at radius 1 is 1.17 bits per heavy atom. The Labute approximate surface area is 176 Å². The molecule has 158 valence electrons. The molecule has 0 saturated carbocycles. The topological polar surface area (TPSA) is 56.1 Å². The van der Waals surface area contributed by atoms with Crippen LogP contribution in [0.5, 0.6) is 5.75 Å². The van der Waals surface area contributed by atoms with E-state index in [2.05, 4.69) is 17.3 Å². The van der Waals surface area contributed by atoms with Gasteiger partial charge < -0.3 is 10.1 Å². The van der Waals surface area contributed by atoms with Crippen LogP contribution in [0, 0.1) is 19.7 Å². The van der Waals surface area contributed by atoms with Crippen molar-refractivity contribution >= 4 is 5.91 Å². The van der Waals surface area contributed by atoms with Crippen LogP contribution in [-0.4, -0.2) is 22.3 Å². The number of halogens is 1. The highest BCUT2D eigenvalue weighted by Crippen LogP contribution is 2.19. The maximum absolute atomic E-state index is 13.2. The van der Waals surface area contributed by atoms with Crippen molar-refractivity contribution in [1.29, 1.82) is 0 Å². The number of unbranched alkanes of at least 4 members (excludes halogenated alkanes) is 1. The van der Waals surface area contributed by atoms with Crippen LogP contribution in [0.15, 0.2) is 48.5 Å². The number of hydrogen-bond acceptors (Lipinski definition) is 3. The van der Waals surface area contributed by atoms with Crippen LogP contribution in [0.3, 0.4) is 0 Å². The highest BCUT2D eigenvalue weighted by Gasteiger charge is 2.16. The van der Waals surface area contributed by atoms with Crippen molar-refractivity contribution in [2.75, 3.05) is 6.61 Å². The summed E-state index contributed by atoms with van der Waals surface area (Å²) >= 11 is 0. The van der Waals surface area contributed by atoms with Gasteiger partial charge in [0.05, 0.1) is 24.4 Å². The predicted molar refractivity (Wildman–Crippen MR) is 115 cm³/mol. The normalized spacial score (nSPS) is 10.8. The van der Waals surface area contributed by atoms with Gasteiger partial charge in [0.15, 0.2) is 0 Å². The molecule has 3 aromatic rings. The number of carbonyl (C=O) groups excluding carboxylic acids is 1. The zero-order valence-corrected chi connectivity index (χ0v) is 17.7. The third kappa shape index (κ3) is 5.47. The van der Waals surface area contributed by atoms with Crippen molar-refractivity contribution in [2.24, 2.45) is 0 Å². The summed E-state index contributed by atoms with van der Waals surface area (Å²) in [5.74, 6) is 0.458. The van der Waals surface area contributed by atoms with Crippen molar-refractivity contribution in [2.45, 2.75) is 46.6 Å². The number of aryl methyl sites for hydroxylation is 1. The summed E-state index contributed by atoms with van der Waals surface area (Å²) in [6, 6.07) is 13.9. The minimum atomic E-state index is -0.292. The minimum Gasteiger partial charge on any atom is -0.494 e. The van der Waals surface area contributed by atoms with Gasteiger partial charge in [-0.15, -0.1) is 0 Å². The number of carbonyl (C=O) groups is 1. The van der Waals surface area contributed by atoms with E-state index in [1.165, 1.54) is 12.1 Å². The van der Waals surface area contributed by atoms with Gasteiger partial charge in [-0.2, -0.15) is 5.10 Å². The second-order valence-electron chi connectivity index (χ2n) is 7.34. The lowest BCUT2D eigenvalue weighted by Crippen LogP contribution is -2.25. The summed E-state index contributed by atoms with van der Waals surface area (Å²) in [7, 11) is 0. The lowest BCUT2D eigenvalue weighted by atomic mass is 10.1. The highest BCUT2D eigenvalue weighted by atomic mass is 19.1. The van der Waals surface area contributed by atoms with Gasteiger partial charge in [0.2, 0.25) is 5.91 Å². The first kappa shape index (κ1) is 21.6. The fraction of sp³-hybridized carbons (Fsp3) is 0.333.